The molecule has 1 aliphatic heterocycles. The summed E-state index contributed by atoms with van der Waals surface area (Å²) in [6.07, 6.45) is 2.78. The van der Waals surface area contributed by atoms with E-state index in [0.717, 1.165) is 19.4 Å². The Bertz CT molecular complexity index is 167. The molecule has 1 fully saturated rings. The minimum absolute atomic E-state index is 0.00380. The van der Waals surface area contributed by atoms with E-state index in [0.29, 0.717) is 12.5 Å². The van der Waals surface area contributed by atoms with Crippen LogP contribution in [-0.2, 0) is 4.79 Å². The summed E-state index contributed by atoms with van der Waals surface area (Å²) in [5.74, 6) is 0.0287. The van der Waals surface area contributed by atoms with Crippen LogP contribution < -0.4 is 10.6 Å². The van der Waals surface area contributed by atoms with Crippen LogP contribution in [0.1, 0.15) is 26.2 Å². The molecule has 0 saturated carbocycles. The fraction of sp³-hybridized carbons (Fsp3) is 0.889. The van der Waals surface area contributed by atoms with Crippen LogP contribution in [0.15, 0.2) is 0 Å². The van der Waals surface area contributed by atoms with Crippen LogP contribution >= 0.6 is 0 Å². The van der Waals surface area contributed by atoms with E-state index in [-0.39, 0.29) is 18.6 Å². The lowest BCUT2D eigenvalue weighted by molar-refractivity contribution is -0.122. The Morgan fingerprint density at radius 2 is 2.54 bits per heavy atom. The zero-order chi connectivity index (χ0) is 9.68. The van der Waals surface area contributed by atoms with Gasteiger partial charge in [-0.25, -0.2) is 0 Å². The zero-order valence-corrected chi connectivity index (χ0v) is 8.05. The summed E-state index contributed by atoms with van der Waals surface area (Å²) in [5, 5.41) is 14.7. The lowest BCUT2D eigenvalue weighted by atomic mass is 10.1. The highest BCUT2D eigenvalue weighted by Gasteiger charge is 2.18. The Balaban J connectivity index is 2.16. The van der Waals surface area contributed by atoms with E-state index >= 15 is 0 Å². The minimum Gasteiger partial charge on any atom is -0.394 e. The van der Waals surface area contributed by atoms with Crippen LogP contribution in [0.25, 0.3) is 0 Å². The summed E-state index contributed by atoms with van der Waals surface area (Å²) >= 11 is 0. The van der Waals surface area contributed by atoms with E-state index in [9.17, 15) is 4.79 Å². The molecule has 0 aromatic carbocycles. The third-order valence-electron chi connectivity index (χ3n) is 2.28. The first kappa shape index (κ1) is 10.5. The number of carbonyl (C=O) groups is 1. The fourth-order valence-electron chi connectivity index (χ4n) is 1.53. The third-order valence-corrected chi connectivity index (χ3v) is 2.28. The largest absolute Gasteiger partial charge is 0.394 e. The van der Waals surface area contributed by atoms with E-state index in [1.54, 1.807) is 6.92 Å². The number of nitrogens with one attached hydrogen (secondary N) is 2. The standard InChI is InChI=1S/C9H18N2O2/c1-7(6-12)11-9(13)5-8-3-2-4-10-8/h7-8,10,12H,2-6H2,1H3,(H,11,13)/t7-,8?/m0/s1. The quantitative estimate of drug-likeness (QED) is 0.561. The van der Waals surface area contributed by atoms with Crippen LogP contribution in [0, 0.1) is 0 Å². The highest BCUT2D eigenvalue weighted by Crippen LogP contribution is 2.08. The van der Waals surface area contributed by atoms with Crippen molar-refractivity contribution in [1.29, 1.82) is 0 Å². The molecule has 0 bridgehead atoms. The predicted octanol–water partition coefficient (Wildman–Crippen LogP) is -0.374. The Kier molecular flexibility index (Phi) is 4.18. The minimum atomic E-state index is -0.131. The van der Waals surface area contributed by atoms with Crippen molar-refractivity contribution in [3.8, 4) is 0 Å². The first-order valence-corrected chi connectivity index (χ1v) is 4.86. The van der Waals surface area contributed by atoms with Crippen LogP contribution in [0.4, 0.5) is 0 Å². The lowest BCUT2D eigenvalue weighted by Gasteiger charge is -2.13. The normalized spacial score (nSPS) is 24.3. The average Bonchev–Trinajstić information content (AvgIpc) is 2.56. The molecule has 4 nitrogen and oxygen atoms in total. The van der Waals surface area contributed by atoms with Crippen molar-refractivity contribution in [2.45, 2.75) is 38.3 Å². The first-order valence-electron chi connectivity index (χ1n) is 4.86. The Morgan fingerprint density at radius 1 is 1.77 bits per heavy atom. The maximum Gasteiger partial charge on any atom is 0.221 e. The molecule has 1 rings (SSSR count). The summed E-state index contributed by atoms with van der Waals surface area (Å²) in [7, 11) is 0. The van der Waals surface area contributed by atoms with Gasteiger partial charge in [0, 0.05) is 18.5 Å². The molecule has 4 heteroatoms. The molecule has 0 radical (unpaired) electrons. The molecule has 1 aliphatic rings. The van der Waals surface area contributed by atoms with Gasteiger partial charge in [-0.15, -0.1) is 0 Å². The predicted molar refractivity (Wildman–Crippen MR) is 50.3 cm³/mol. The summed E-state index contributed by atoms with van der Waals surface area (Å²) in [5.41, 5.74) is 0. The van der Waals surface area contributed by atoms with Gasteiger partial charge in [0.15, 0.2) is 0 Å². The SMILES string of the molecule is C[C@@H](CO)NC(=O)CC1CCCN1. The van der Waals surface area contributed by atoms with E-state index in [1.807, 2.05) is 0 Å². The molecule has 0 aromatic heterocycles. The topological polar surface area (TPSA) is 61.4 Å². The van der Waals surface area contributed by atoms with E-state index < -0.39 is 0 Å². The van der Waals surface area contributed by atoms with Gasteiger partial charge in [0.1, 0.15) is 0 Å². The van der Waals surface area contributed by atoms with E-state index in [2.05, 4.69) is 10.6 Å². The number of hydrogen-bond acceptors (Lipinski definition) is 3. The van der Waals surface area contributed by atoms with Crippen molar-refractivity contribution < 1.29 is 9.90 Å². The van der Waals surface area contributed by atoms with Crippen molar-refractivity contribution >= 4 is 5.91 Å². The fourth-order valence-corrected chi connectivity index (χ4v) is 1.53. The van der Waals surface area contributed by atoms with E-state index in [1.165, 1.54) is 0 Å². The first-order chi connectivity index (χ1) is 6.22. The summed E-state index contributed by atoms with van der Waals surface area (Å²) in [6, 6.07) is 0.208. The third kappa shape index (κ3) is 3.74. The molecule has 13 heavy (non-hydrogen) atoms. The zero-order valence-electron chi connectivity index (χ0n) is 8.05. The molecule has 76 valence electrons. The van der Waals surface area contributed by atoms with Gasteiger partial charge in [0.25, 0.3) is 0 Å². The summed E-state index contributed by atoms with van der Waals surface area (Å²) < 4.78 is 0. The average molecular weight is 186 g/mol. The molecule has 1 heterocycles. The second kappa shape index (κ2) is 5.19. The Labute approximate surface area is 78.7 Å². The van der Waals surface area contributed by atoms with Crippen molar-refractivity contribution in [2.24, 2.45) is 0 Å². The molecule has 0 spiro atoms. The molecule has 0 aromatic rings. The second-order valence-electron chi connectivity index (χ2n) is 3.65. The van der Waals surface area contributed by atoms with Gasteiger partial charge in [0.05, 0.1) is 6.61 Å². The Morgan fingerprint density at radius 3 is 3.08 bits per heavy atom. The van der Waals surface area contributed by atoms with Crippen molar-refractivity contribution in [1.82, 2.24) is 10.6 Å². The second-order valence-corrected chi connectivity index (χ2v) is 3.65. The number of aliphatic hydroxyl groups excluding tert-OH is 1. The monoisotopic (exact) mass is 186 g/mol. The molecule has 3 N–H and O–H groups in total. The van der Waals surface area contributed by atoms with Crippen LogP contribution in [0.3, 0.4) is 0 Å². The highest BCUT2D eigenvalue weighted by atomic mass is 16.3. The summed E-state index contributed by atoms with van der Waals surface area (Å²) in [4.78, 5) is 11.3. The van der Waals surface area contributed by atoms with Crippen LogP contribution in [-0.4, -0.2) is 36.2 Å². The molecule has 0 aliphatic carbocycles. The molecular formula is C9H18N2O2. The van der Waals surface area contributed by atoms with Gasteiger partial charge in [0.2, 0.25) is 5.91 Å². The van der Waals surface area contributed by atoms with Gasteiger partial charge in [-0.3, -0.25) is 4.79 Å². The molecule has 1 amide bonds. The molecule has 1 saturated heterocycles. The van der Waals surface area contributed by atoms with Gasteiger partial charge in [-0.2, -0.15) is 0 Å². The van der Waals surface area contributed by atoms with Crippen LogP contribution in [0.5, 0.6) is 0 Å². The maximum atomic E-state index is 11.3. The van der Waals surface area contributed by atoms with Crippen molar-refractivity contribution in [2.75, 3.05) is 13.2 Å². The van der Waals surface area contributed by atoms with Gasteiger partial charge < -0.3 is 15.7 Å². The molecule has 2 atom stereocenters. The highest BCUT2D eigenvalue weighted by molar-refractivity contribution is 5.76. The number of carbonyl (C=O) groups excluding carboxylic acids is 1. The van der Waals surface area contributed by atoms with Crippen molar-refractivity contribution in [3.63, 3.8) is 0 Å². The number of amides is 1. The van der Waals surface area contributed by atoms with Gasteiger partial charge in [-0.05, 0) is 26.3 Å². The maximum absolute atomic E-state index is 11.3. The lowest BCUT2D eigenvalue weighted by Crippen LogP contribution is -2.38. The van der Waals surface area contributed by atoms with Crippen molar-refractivity contribution in [3.05, 3.63) is 0 Å². The molecule has 1 unspecified atom stereocenters. The number of hydrogen-bond donors (Lipinski definition) is 3. The summed E-state index contributed by atoms with van der Waals surface area (Å²) in [6.45, 7) is 2.82. The number of rotatable bonds is 4. The Hall–Kier alpha value is -0.610. The molecular weight excluding hydrogens is 168 g/mol. The number of aliphatic hydroxyl groups is 1. The van der Waals surface area contributed by atoms with Gasteiger partial charge in [-0.1, -0.05) is 0 Å². The smallest absolute Gasteiger partial charge is 0.221 e. The van der Waals surface area contributed by atoms with Gasteiger partial charge >= 0.3 is 0 Å². The van der Waals surface area contributed by atoms with Crippen LogP contribution in [0.2, 0.25) is 0 Å². The van der Waals surface area contributed by atoms with E-state index in [4.69, 9.17) is 5.11 Å².